The van der Waals surface area contributed by atoms with Gasteiger partial charge in [-0.15, -0.1) is 0 Å². The van der Waals surface area contributed by atoms with E-state index >= 15 is 0 Å². The van der Waals surface area contributed by atoms with Crippen LogP contribution in [-0.2, 0) is 0 Å². The van der Waals surface area contributed by atoms with Crippen LogP contribution in [-0.4, -0.2) is 0 Å². The van der Waals surface area contributed by atoms with Gasteiger partial charge < -0.3 is 9.32 Å². The summed E-state index contributed by atoms with van der Waals surface area (Å²) < 4.78 is 6.76. The molecule has 9 aromatic carbocycles. The van der Waals surface area contributed by atoms with Crippen molar-refractivity contribution in [3.05, 3.63) is 188 Å². The van der Waals surface area contributed by atoms with E-state index in [2.05, 4.69) is 187 Å². The van der Waals surface area contributed by atoms with Gasteiger partial charge >= 0.3 is 0 Å². The standard InChI is InChI=1S/C48H31NO/c1-3-18-34-32(15-1)17-13-25-37(34)39-22-7-10-27-44(39)49(46-29-14-26-42-41-24-9-12-30-47(41)50-48(42)46)45-28-11-8-23-40(45)43-31-33-16-2-4-19-35(33)36-20-5-6-21-38(36)43/h1-31H. The van der Waals surface area contributed by atoms with Gasteiger partial charge in [0.05, 0.1) is 17.1 Å². The fraction of sp³-hybridized carbons (Fsp3) is 0. The SMILES string of the molecule is c1ccc(N(c2ccccc2-c2cc3ccccc3c3ccccc23)c2cccc3c2oc2ccccc23)c(-c2cccc3ccccc23)c1. The number of nitrogens with zero attached hydrogens (tertiary/aromatic N) is 1. The molecule has 0 fully saturated rings. The Hall–Kier alpha value is -6.64. The number of anilines is 3. The predicted octanol–water partition coefficient (Wildman–Crippen LogP) is 13.8. The lowest BCUT2D eigenvalue weighted by Gasteiger charge is -2.30. The van der Waals surface area contributed by atoms with Crippen molar-refractivity contribution in [1.82, 2.24) is 0 Å². The molecule has 234 valence electrons. The monoisotopic (exact) mass is 637 g/mol. The van der Waals surface area contributed by atoms with Crippen LogP contribution in [0.15, 0.2) is 192 Å². The molecule has 10 rings (SSSR count). The zero-order valence-corrected chi connectivity index (χ0v) is 27.3. The van der Waals surface area contributed by atoms with Crippen LogP contribution in [0, 0.1) is 0 Å². The Bertz CT molecular complexity index is 2890. The van der Waals surface area contributed by atoms with Crippen LogP contribution >= 0.6 is 0 Å². The van der Waals surface area contributed by atoms with Gasteiger partial charge in [0, 0.05) is 21.9 Å². The minimum absolute atomic E-state index is 0.861. The highest BCUT2D eigenvalue weighted by Gasteiger charge is 2.25. The van der Waals surface area contributed by atoms with Crippen molar-refractivity contribution in [1.29, 1.82) is 0 Å². The Morgan fingerprint density at radius 1 is 0.300 bits per heavy atom. The van der Waals surface area contributed by atoms with Crippen LogP contribution in [0.1, 0.15) is 0 Å². The fourth-order valence-corrected chi connectivity index (χ4v) is 7.83. The van der Waals surface area contributed by atoms with Crippen LogP contribution in [0.2, 0.25) is 0 Å². The quantitative estimate of drug-likeness (QED) is 0.175. The van der Waals surface area contributed by atoms with Gasteiger partial charge in [0.2, 0.25) is 0 Å². The number of benzene rings is 9. The molecule has 0 bridgehead atoms. The number of hydrogen-bond acceptors (Lipinski definition) is 2. The van der Waals surface area contributed by atoms with Crippen molar-refractivity contribution in [2.75, 3.05) is 4.90 Å². The Labute approximate surface area is 290 Å². The third kappa shape index (κ3) is 4.43. The van der Waals surface area contributed by atoms with Crippen LogP contribution in [0.25, 0.3) is 76.5 Å². The van der Waals surface area contributed by atoms with E-state index in [1.54, 1.807) is 0 Å². The fourth-order valence-electron chi connectivity index (χ4n) is 7.83. The zero-order valence-electron chi connectivity index (χ0n) is 27.3. The molecule has 0 saturated heterocycles. The lowest BCUT2D eigenvalue weighted by atomic mass is 9.91. The normalized spacial score (nSPS) is 11.6. The van der Waals surface area contributed by atoms with Gasteiger partial charge in [-0.25, -0.2) is 0 Å². The zero-order chi connectivity index (χ0) is 33.0. The molecular weight excluding hydrogens is 607 g/mol. The minimum Gasteiger partial charge on any atom is -0.454 e. The van der Waals surface area contributed by atoms with E-state index in [1.165, 1.54) is 43.4 Å². The first-order chi connectivity index (χ1) is 24.8. The summed E-state index contributed by atoms with van der Waals surface area (Å²) in [4.78, 5) is 2.42. The van der Waals surface area contributed by atoms with Crippen molar-refractivity contribution in [3.8, 4) is 22.3 Å². The van der Waals surface area contributed by atoms with Gasteiger partial charge in [-0.3, -0.25) is 0 Å². The average Bonchev–Trinajstić information content (AvgIpc) is 3.58. The van der Waals surface area contributed by atoms with E-state index in [4.69, 9.17) is 4.42 Å². The molecular formula is C48H31NO. The van der Waals surface area contributed by atoms with Gasteiger partial charge in [0.25, 0.3) is 0 Å². The maximum Gasteiger partial charge on any atom is 0.159 e. The first-order valence-corrected chi connectivity index (χ1v) is 17.1. The topological polar surface area (TPSA) is 16.4 Å². The third-order valence-corrected chi connectivity index (χ3v) is 10.1. The van der Waals surface area contributed by atoms with E-state index in [9.17, 15) is 0 Å². The van der Waals surface area contributed by atoms with Crippen LogP contribution in [0.3, 0.4) is 0 Å². The molecule has 0 atom stereocenters. The first-order valence-electron chi connectivity index (χ1n) is 17.1. The summed E-state index contributed by atoms with van der Waals surface area (Å²) >= 11 is 0. The lowest BCUT2D eigenvalue weighted by molar-refractivity contribution is 0.669. The van der Waals surface area contributed by atoms with E-state index in [0.717, 1.165) is 50.1 Å². The Morgan fingerprint density at radius 2 is 0.800 bits per heavy atom. The molecule has 0 radical (unpaired) electrons. The molecule has 0 spiro atoms. The van der Waals surface area contributed by atoms with Crippen LogP contribution in [0.4, 0.5) is 17.1 Å². The van der Waals surface area contributed by atoms with Gasteiger partial charge in [-0.2, -0.15) is 0 Å². The maximum absolute atomic E-state index is 6.76. The van der Waals surface area contributed by atoms with Crippen molar-refractivity contribution >= 4 is 71.3 Å². The maximum atomic E-state index is 6.76. The third-order valence-electron chi connectivity index (χ3n) is 10.1. The van der Waals surface area contributed by atoms with E-state index in [0.29, 0.717) is 0 Å². The summed E-state index contributed by atoms with van der Waals surface area (Å²) in [7, 11) is 0. The van der Waals surface area contributed by atoms with Crippen LogP contribution < -0.4 is 4.90 Å². The summed E-state index contributed by atoms with van der Waals surface area (Å²) in [5.74, 6) is 0. The average molecular weight is 638 g/mol. The predicted molar refractivity (Wildman–Crippen MR) is 212 cm³/mol. The first kappa shape index (κ1) is 28.4. The number of para-hydroxylation sites is 4. The highest BCUT2D eigenvalue weighted by atomic mass is 16.3. The minimum atomic E-state index is 0.861. The highest BCUT2D eigenvalue weighted by Crippen LogP contribution is 2.49. The molecule has 0 saturated carbocycles. The largest absolute Gasteiger partial charge is 0.454 e. The second kappa shape index (κ2) is 11.5. The molecule has 50 heavy (non-hydrogen) atoms. The lowest BCUT2D eigenvalue weighted by Crippen LogP contribution is -2.13. The molecule has 0 amide bonds. The summed E-state index contributed by atoms with van der Waals surface area (Å²) in [5, 5.41) is 9.60. The Kier molecular flexibility index (Phi) is 6.53. The molecule has 2 heteroatoms. The van der Waals surface area contributed by atoms with Crippen molar-refractivity contribution in [3.63, 3.8) is 0 Å². The molecule has 0 unspecified atom stereocenters. The number of furan rings is 1. The van der Waals surface area contributed by atoms with Crippen molar-refractivity contribution < 1.29 is 4.42 Å². The smallest absolute Gasteiger partial charge is 0.159 e. The van der Waals surface area contributed by atoms with E-state index in [1.807, 2.05) is 6.07 Å². The van der Waals surface area contributed by atoms with E-state index < -0.39 is 0 Å². The molecule has 0 aliphatic carbocycles. The van der Waals surface area contributed by atoms with Gasteiger partial charge in [0.15, 0.2) is 5.58 Å². The Balaban J connectivity index is 1.32. The van der Waals surface area contributed by atoms with Gasteiger partial charge in [-0.1, -0.05) is 158 Å². The highest BCUT2D eigenvalue weighted by molar-refractivity contribution is 6.16. The van der Waals surface area contributed by atoms with Crippen molar-refractivity contribution in [2.24, 2.45) is 0 Å². The number of rotatable bonds is 5. The summed E-state index contributed by atoms with van der Waals surface area (Å²) in [6, 6.07) is 67.5. The molecule has 1 heterocycles. The number of fused-ring (bicyclic) bond motifs is 7. The summed E-state index contributed by atoms with van der Waals surface area (Å²) in [6.07, 6.45) is 0. The molecule has 0 aliphatic heterocycles. The number of hydrogen-bond donors (Lipinski definition) is 0. The van der Waals surface area contributed by atoms with Crippen LogP contribution in [0.5, 0.6) is 0 Å². The second-order valence-electron chi connectivity index (χ2n) is 12.8. The summed E-state index contributed by atoms with van der Waals surface area (Å²) in [5.41, 5.74) is 9.57. The molecule has 1 aromatic heterocycles. The second-order valence-corrected chi connectivity index (χ2v) is 12.8. The van der Waals surface area contributed by atoms with E-state index in [-0.39, 0.29) is 0 Å². The van der Waals surface area contributed by atoms with Gasteiger partial charge in [-0.05, 0) is 73.8 Å². The Morgan fingerprint density at radius 3 is 1.60 bits per heavy atom. The molecule has 0 N–H and O–H groups in total. The molecule has 0 aliphatic rings. The van der Waals surface area contributed by atoms with Crippen molar-refractivity contribution in [2.45, 2.75) is 0 Å². The molecule has 10 aromatic rings. The van der Waals surface area contributed by atoms with Gasteiger partial charge in [0.1, 0.15) is 5.58 Å². The summed E-state index contributed by atoms with van der Waals surface area (Å²) in [6.45, 7) is 0. The molecule has 2 nitrogen and oxygen atoms in total.